The number of fused-ring (bicyclic) bond motifs is 3. The molecule has 1 saturated heterocycles. The smallest absolute Gasteiger partial charge is 0.341 e. The molecule has 6 heteroatoms. The van der Waals surface area contributed by atoms with Gasteiger partial charge in [-0.3, -0.25) is 0 Å². The Balaban J connectivity index is 1.34. The number of hydrogen-bond acceptors (Lipinski definition) is 5. The van der Waals surface area contributed by atoms with E-state index in [9.17, 15) is 9.90 Å². The second kappa shape index (κ2) is 8.16. The molecule has 1 saturated carbocycles. The van der Waals surface area contributed by atoms with E-state index >= 15 is 0 Å². The molecule has 0 radical (unpaired) electrons. The van der Waals surface area contributed by atoms with Crippen LogP contribution >= 0.6 is 11.9 Å². The number of nitrogens with zero attached hydrogens (tertiary/aromatic N) is 1. The van der Waals surface area contributed by atoms with Crippen LogP contribution in [0, 0.1) is 11.8 Å². The topological polar surface area (TPSA) is 61.8 Å². The standard InChI is InChI=1S/C24H28N2O3S/c1-2-26-10-9-15(13-26)11-16-5-3-4-6-21(16)30-25-20-8-7-18-19-12-17(19)14-29-23(18)22(20)24(27)28/h3-8,15,17,19,25H,2,9-14H2,1H3,(H,27,28)/t15?,17-,19?/m0/s1. The number of carboxylic acid groups (broad SMARTS) is 1. The normalized spacial score (nSPS) is 24.6. The van der Waals surface area contributed by atoms with E-state index in [1.165, 1.54) is 30.5 Å². The lowest BCUT2D eigenvalue weighted by molar-refractivity contribution is 0.0692. The molecular formula is C24H28N2O3S. The highest BCUT2D eigenvalue weighted by Crippen LogP contribution is 2.55. The third-order valence-corrected chi connectivity index (χ3v) is 7.68. The van der Waals surface area contributed by atoms with Crippen LogP contribution in [0.1, 0.15) is 47.2 Å². The number of aromatic carboxylic acids is 1. The average molecular weight is 425 g/mol. The maximum absolute atomic E-state index is 12.0. The van der Waals surface area contributed by atoms with E-state index in [-0.39, 0.29) is 5.56 Å². The molecule has 5 rings (SSSR count). The molecular weight excluding hydrogens is 396 g/mol. The third kappa shape index (κ3) is 3.79. The van der Waals surface area contributed by atoms with Gasteiger partial charge in [-0.2, -0.15) is 0 Å². The van der Waals surface area contributed by atoms with Gasteiger partial charge in [0.1, 0.15) is 11.3 Å². The highest BCUT2D eigenvalue weighted by atomic mass is 32.2. The van der Waals surface area contributed by atoms with Crippen molar-refractivity contribution < 1.29 is 14.6 Å². The van der Waals surface area contributed by atoms with E-state index in [0.717, 1.165) is 36.4 Å². The van der Waals surface area contributed by atoms with Crippen LogP contribution in [0.25, 0.3) is 0 Å². The van der Waals surface area contributed by atoms with Crippen molar-refractivity contribution in [2.45, 2.75) is 37.0 Å². The summed E-state index contributed by atoms with van der Waals surface area (Å²) in [6.07, 6.45) is 3.41. The van der Waals surface area contributed by atoms with Gasteiger partial charge in [-0.1, -0.05) is 31.2 Å². The number of hydrogen-bond donors (Lipinski definition) is 2. The number of anilines is 1. The molecule has 158 valence electrons. The predicted molar refractivity (Wildman–Crippen MR) is 120 cm³/mol. The first-order valence-corrected chi connectivity index (χ1v) is 11.7. The van der Waals surface area contributed by atoms with Crippen LogP contribution in [0.2, 0.25) is 0 Å². The lowest BCUT2D eigenvalue weighted by Crippen LogP contribution is -2.20. The van der Waals surface area contributed by atoms with Crippen LogP contribution in [-0.4, -0.2) is 42.2 Å². The number of carbonyl (C=O) groups is 1. The first kappa shape index (κ1) is 19.8. The lowest BCUT2D eigenvalue weighted by Gasteiger charge is -2.21. The molecule has 0 bridgehead atoms. The Bertz CT molecular complexity index is 963. The van der Waals surface area contributed by atoms with Gasteiger partial charge in [0.05, 0.1) is 12.3 Å². The van der Waals surface area contributed by atoms with Crippen molar-refractivity contribution in [1.82, 2.24) is 4.90 Å². The van der Waals surface area contributed by atoms with Gasteiger partial charge in [0, 0.05) is 17.4 Å². The summed E-state index contributed by atoms with van der Waals surface area (Å²) >= 11 is 1.50. The Morgan fingerprint density at radius 1 is 1.30 bits per heavy atom. The van der Waals surface area contributed by atoms with Gasteiger partial charge in [-0.15, -0.1) is 0 Å². The zero-order valence-corrected chi connectivity index (χ0v) is 18.1. The van der Waals surface area contributed by atoms with Crippen LogP contribution in [0.15, 0.2) is 41.3 Å². The second-order valence-corrected chi connectivity index (χ2v) is 9.54. The summed E-state index contributed by atoms with van der Waals surface area (Å²) in [7, 11) is 0. The summed E-state index contributed by atoms with van der Waals surface area (Å²) in [4.78, 5) is 15.7. The molecule has 2 unspecified atom stereocenters. The first-order chi connectivity index (χ1) is 14.6. The molecule has 3 atom stereocenters. The van der Waals surface area contributed by atoms with E-state index in [1.54, 1.807) is 0 Å². The fourth-order valence-corrected chi connectivity index (χ4v) is 5.73. The fraction of sp³-hybridized carbons (Fsp3) is 0.458. The van der Waals surface area contributed by atoms with Gasteiger partial charge in [-0.25, -0.2) is 4.79 Å². The number of benzene rings is 2. The molecule has 0 spiro atoms. The highest BCUT2D eigenvalue weighted by molar-refractivity contribution is 8.00. The molecule has 2 heterocycles. The summed E-state index contributed by atoms with van der Waals surface area (Å²) in [6.45, 7) is 6.33. The van der Waals surface area contributed by atoms with Crippen molar-refractivity contribution in [1.29, 1.82) is 0 Å². The van der Waals surface area contributed by atoms with Crippen LogP contribution < -0.4 is 9.46 Å². The van der Waals surface area contributed by atoms with Gasteiger partial charge in [0.2, 0.25) is 0 Å². The summed E-state index contributed by atoms with van der Waals surface area (Å²) < 4.78 is 9.18. The minimum Gasteiger partial charge on any atom is -0.492 e. The Morgan fingerprint density at radius 3 is 2.97 bits per heavy atom. The fourth-order valence-electron chi connectivity index (χ4n) is 4.91. The average Bonchev–Trinajstić information content (AvgIpc) is 3.42. The molecule has 2 N–H and O–H groups in total. The maximum atomic E-state index is 12.0. The Morgan fingerprint density at radius 2 is 2.17 bits per heavy atom. The Hall–Kier alpha value is -2.18. The summed E-state index contributed by atoms with van der Waals surface area (Å²) in [6, 6.07) is 12.4. The van der Waals surface area contributed by atoms with E-state index in [4.69, 9.17) is 4.74 Å². The lowest BCUT2D eigenvalue weighted by atomic mass is 9.99. The van der Waals surface area contributed by atoms with Gasteiger partial charge < -0.3 is 19.5 Å². The molecule has 0 aromatic heterocycles. The van der Waals surface area contributed by atoms with E-state index in [0.29, 0.717) is 35.8 Å². The monoisotopic (exact) mass is 424 g/mol. The quantitative estimate of drug-likeness (QED) is 0.618. The molecule has 30 heavy (non-hydrogen) atoms. The van der Waals surface area contributed by atoms with Crippen molar-refractivity contribution in [3.05, 3.63) is 53.1 Å². The summed E-state index contributed by atoms with van der Waals surface area (Å²) in [5, 5.41) is 9.88. The molecule has 2 aliphatic heterocycles. The molecule has 3 aliphatic rings. The highest BCUT2D eigenvalue weighted by Gasteiger charge is 2.45. The zero-order valence-electron chi connectivity index (χ0n) is 17.3. The molecule has 0 amide bonds. The Labute approximate surface area is 181 Å². The number of nitrogens with one attached hydrogen (secondary N) is 1. The van der Waals surface area contributed by atoms with Crippen LogP contribution in [0.3, 0.4) is 0 Å². The van der Waals surface area contributed by atoms with Crippen LogP contribution in [0.4, 0.5) is 5.69 Å². The minimum absolute atomic E-state index is 0.261. The number of rotatable bonds is 7. The number of likely N-dealkylation sites (tertiary alicyclic amines) is 1. The van der Waals surface area contributed by atoms with Gasteiger partial charge in [0.25, 0.3) is 0 Å². The molecule has 5 nitrogen and oxygen atoms in total. The molecule has 2 fully saturated rings. The molecule has 2 aromatic carbocycles. The van der Waals surface area contributed by atoms with Crippen LogP contribution in [-0.2, 0) is 6.42 Å². The van der Waals surface area contributed by atoms with Crippen LogP contribution in [0.5, 0.6) is 5.75 Å². The number of ether oxygens (including phenoxy) is 1. The van der Waals surface area contributed by atoms with Crippen molar-refractivity contribution in [2.75, 3.05) is 31.0 Å². The minimum atomic E-state index is -0.937. The van der Waals surface area contributed by atoms with E-state index in [1.807, 2.05) is 18.2 Å². The maximum Gasteiger partial charge on any atom is 0.341 e. The van der Waals surface area contributed by atoms with Gasteiger partial charge in [0.15, 0.2) is 0 Å². The van der Waals surface area contributed by atoms with Crippen molar-refractivity contribution in [3.63, 3.8) is 0 Å². The molecule has 2 aromatic rings. The Kier molecular flexibility index (Phi) is 5.37. The van der Waals surface area contributed by atoms with Crippen molar-refractivity contribution >= 4 is 23.6 Å². The SMILES string of the molecule is CCN1CCC(Cc2ccccc2SNc2ccc3c(c2C(=O)O)OC[C@@H]2CC32)C1. The van der Waals surface area contributed by atoms with Crippen molar-refractivity contribution in [2.24, 2.45) is 11.8 Å². The summed E-state index contributed by atoms with van der Waals surface area (Å²) in [5.74, 6) is 1.35. The van der Waals surface area contributed by atoms with Gasteiger partial charge >= 0.3 is 5.97 Å². The largest absolute Gasteiger partial charge is 0.492 e. The third-order valence-electron chi connectivity index (χ3n) is 6.74. The zero-order chi connectivity index (χ0) is 20.7. The first-order valence-electron chi connectivity index (χ1n) is 10.9. The van der Waals surface area contributed by atoms with Gasteiger partial charge in [-0.05, 0) is 79.4 Å². The van der Waals surface area contributed by atoms with E-state index in [2.05, 4.69) is 34.7 Å². The predicted octanol–water partition coefficient (Wildman–Crippen LogP) is 4.88. The second-order valence-electron chi connectivity index (χ2n) is 8.69. The summed E-state index contributed by atoms with van der Waals surface area (Å²) in [5.41, 5.74) is 3.25. The van der Waals surface area contributed by atoms with Crippen molar-refractivity contribution in [3.8, 4) is 5.75 Å². The number of carboxylic acids is 1. The van der Waals surface area contributed by atoms with E-state index < -0.39 is 5.97 Å². The molecule has 1 aliphatic carbocycles.